The lowest BCUT2D eigenvalue weighted by Gasteiger charge is -1.87. The van der Waals surface area contributed by atoms with Crippen molar-refractivity contribution in [1.82, 2.24) is 9.97 Å². The highest BCUT2D eigenvalue weighted by atomic mass is 14.6. The monoisotopic (exact) mass is 196 g/mol. The van der Waals surface area contributed by atoms with Gasteiger partial charge in [0, 0.05) is 18.6 Å². The van der Waals surface area contributed by atoms with Crippen molar-refractivity contribution in [2.75, 3.05) is 0 Å². The van der Waals surface area contributed by atoms with Crippen LogP contribution in [0.2, 0.25) is 0 Å². The Balaban J connectivity index is 1.96. The standard InChI is InChI=1S/C13H12N2/c1(5-12-8-10-14-11-12)2-6-13-7-3-4-9-15-13/h1-11,14H/b5-1+,6-2+. The molecular formula is C13H12N2. The third-order valence-corrected chi connectivity index (χ3v) is 1.98. The summed E-state index contributed by atoms with van der Waals surface area (Å²) in [7, 11) is 0. The van der Waals surface area contributed by atoms with Crippen molar-refractivity contribution in [2.45, 2.75) is 0 Å². The van der Waals surface area contributed by atoms with Crippen LogP contribution in [0, 0.1) is 0 Å². The van der Waals surface area contributed by atoms with Crippen LogP contribution in [0.25, 0.3) is 12.2 Å². The summed E-state index contributed by atoms with van der Waals surface area (Å²) in [5.74, 6) is 0. The van der Waals surface area contributed by atoms with Gasteiger partial charge in [0.2, 0.25) is 0 Å². The lowest BCUT2D eigenvalue weighted by Crippen LogP contribution is -1.74. The first-order valence-electron chi connectivity index (χ1n) is 4.84. The molecule has 2 rings (SSSR count). The van der Waals surface area contributed by atoms with Crippen LogP contribution in [-0.2, 0) is 0 Å². The quantitative estimate of drug-likeness (QED) is 0.750. The van der Waals surface area contributed by atoms with E-state index in [0.29, 0.717) is 0 Å². The predicted molar refractivity (Wildman–Crippen MR) is 63.1 cm³/mol. The van der Waals surface area contributed by atoms with Gasteiger partial charge < -0.3 is 4.98 Å². The second kappa shape index (κ2) is 4.96. The Labute approximate surface area is 89.0 Å². The molecule has 0 aliphatic heterocycles. The number of pyridine rings is 1. The van der Waals surface area contributed by atoms with E-state index < -0.39 is 0 Å². The molecule has 1 N–H and O–H groups in total. The maximum atomic E-state index is 4.19. The average molecular weight is 196 g/mol. The van der Waals surface area contributed by atoms with Gasteiger partial charge in [-0.2, -0.15) is 0 Å². The minimum absolute atomic E-state index is 0.969. The summed E-state index contributed by atoms with van der Waals surface area (Å²) < 4.78 is 0. The zero-order valence-corrected chi connectivity index (χ0v) is 8.30. The number of allylic oxidation sites excluding steroid dienone is 2. The molecule has 2 aromatic rings. The Bertz CT molecular complexity index is 439. The molecule has 74 valence electrons. The number of nitrogens with zero attached hydrogens (tertiary/aromatic N) is 1. The highest BCUT2D eigenvalue weighted by molar-refractivity contribution is 5.54. The van der Waals surface area contributed by atoms with Crippen LogP contribution in [0.5, 0.6) is 0 Å². The maximum Gasteiger partial charge on any atom is 0.0629 e. The molecule has 15 heavy (non-hydrogen) atoms. The summed E-state index contributed by atoms with van der Waals surface area (Å²) in [6.45, 7) is 0. The first kappa shape index (κ1) is 9.46. The Morgan fingerprint density at radius 3 is 2.73 bits per heavy atom. The van der Waals surface area contributed by atoms with Gasteiger partial charge in [0.1, 0.15) is 0 Å². The number of H-pyrrole nitrogens is 1. The van der Waals surface area contributed by atoms with E-state index in [2.05, 4.69) is 9.97 Å². The Morgan fingerprint density at radius 2 is 2.00 bits per heavy atom. The van der Waals surface area contributed by atoms with Crippen molar-refractivity contribution in [1.29, 1.82) is 0 Å². The molecule has 0 fully saturated rings. The fourth-order valence-electron chi connectivity index (χ4n) is 1.24. The lowest BCUT2D eigenvalue weighted by atomic mass is 10.3. The van der Waals surface area contributed by atoms with E-state index in [1.54, 1.807) is 6.20 Å². The Kier molecular flexibility index (Phi) is 3.13. The van der Waals surface area contributed by atoms with Crippen molar-refractivity contribution in [3.05, 3.63) is 66.3 Å². The van der Waals surface area contributed by atoms with Crippen molar-refractivity contribution in [3.63, 3.8) is 0 Å². The van der Waals surface area contributed by atoms with Gasteiger partial charge in [0.25, 0.3) is 0 Å². The molecule has 0 aliphatic rings. The Morgan fingerprint density at radius 1 is 1.07 bits per heavy atom. The molecule has 2 heterocycles. The molecule has 0 atom stereocenters. The van der Waals surface area contributed by atoms with Crippen LogP contribution in [0.1, 0.15) is 11.3 Å². The van der Waals surface area contributed by atoms with Gasteiger partial charge in [-0.25, -0.2) is 0 Å². The average Bonchev–Trinajstić information content (AvgIpc) is 2.79. The maximum absolute atomic E-state index is 4.19. The number of nitrogens with one attached hydrogen (secondary N) is 1. The topological polar surface area (TPSA) is 28.7 Å². The molecule has 0 bridgehead atoms. The van der Waals surface area contributed by atoms with Gasteiger partial charge in [-0.3, -0.25) is 4.98 Å². The smallest absolute Gasteiger partial charge is 0.0629 e. The van der Waals surface area contributed by atoms with E-state index in [-0.39, 0.29) is 0 Å². The number of aromatic amines is 1. The number of hydrogen-bond acceptors (Lipinski definition) is 1. The minimum Gasteiger partial charge on any atom is -0.367 e. The first-order valence-corrected chi connectivity index (χ1v) is 4.84. The summed E-state index contributed by atoms with van der Waals surface area (Å²) in [5.41, 5.74) is 2.14. The second-order valence-electron chi connectivity index (χ2n) is 3.12. The van der Waals surface area contributed by atoms with Gasteiger partial charge in [0.15, 0.2) is 0 Å². The van der Waals surface area contributed by atoms with E-state index >= 15 is 0 Å². The fourth-order valence-corrected chi connectivity index (χ4v) is 1.24. The molecular weight excluding hydrogens is 184 g/mol. The predicted octanol–water partition coefficient (Wildman–Crippen LogP) is 3.14. The van der Waals surface area contributed by atoms with Crippen molar-refractivity contribution >= 4 is 12.2 Å². The molecule has 2 aromatic heterocycles. The Hall–Kier alpha value is -2.09. The van der Waals surface area contributed by atoms with Gasteiger partial charge in [-0.15, -0.1) is 0 Å². The number of aromatic nitrogens is 2. The normalized spacial score (nSPS) is 11.5. The van der Waals surface area contributed by atoms with Gasteiger partial charge in [0.05, 0.1) is 5.69 Å². The minimum atomic E-state index is 0.969. The molecule has 0 aromatic carbocycles. The summed E-state index contributed by atoms with van der Waals surface area (Å²) in [6, 6.07) is 7.88. The lowest BCUT2D eigenvalue weighted by molar-refractivity contribution is 1.30. The van der Waals surface area contributed by atoms with E-state index in [0.717, 1.165) is 5.69 Å². The summed E-state index contributed by atoms with van der Waals surface area (Å²) in [6.07, 6.45) is 13.6. The summed E-state index contributed by atoms with van der Waals surface area (Å²) in [5, 5.41) is 0. The van der Waals surface area contributed by atoms with Crippen molar-refractivity contribution < 1.29 is 0 Å². The molecule has 0 spiro atoms. The zero-order valence-electron chi connectivity index (χ0n) is 8.30. The van der Waals surface area contributed by atoms with Gasteiger partial charge in [-0.1, -0.05) is 24.3 Å². The SMILES string of the molecule is C(/C=C/c1ccccn1)=C\c1cc[nH]c1. The molecule has 0 saturated heterocycles. The largest absolute Gasteiger partial charge is 0.367 e. The molecule has 0 saturated carbocycles. The van der Waals surface area contributed by atoms with Crippen LogP contribution in [0.3, 0.4) is 0 Å². The first-order chi connectivity index (χ1) is 7.45. The second-order valence-corrected chi connectivity index (χ2v) is 3.12. The highest BCUT2D eigenvalue weighted by Crippen LogP contribution is 2.01. The summed E-state index contributed by atoms with van der Waals surface area (Å²) >= 11 is 0. The van der Waals surface area contributed by atoms with Crippen LogP contribution in [0.4, 0.5) is 0 Å². The zero-order chi connectivity index (χ0) is 10.3. The molecule has 0 amide bonds. The molecule has 2 nitrogen and oxygen atoms in total. The van der Waals surface area contributed by atoms with Crippen LogP contribution in [0.15, 0.2) is 55.0 Å². The molecule has 0 unspecified atom stereocenters. The van der Waals surface area contributed by atoms with Gasteiger partial charge >= 0.3 is 0 Å². The fraction of sp³-hybridized carbons (Fsp3) is 0. The molecule has 0 aliphatic carbocycles. The van der Waals surface area contributed by atoms with E-state index in [9.17, 15) is 0 Å². The van der Waals surface area contributed by atoms with E-state index in [4.69, 9.17) is 0 Å². The third kappa shape index (κ3) is 2.95. The van der Waals surface area contributed by atoms with E-state index in [1.165, 1.54) is 5.56 Å². The van der Waals surface area contributed by atoms with Crippen LogP contribution < -0.4 is 0 Å². The highest BCUT2D eigenvalue weighted by Gasteiger charge is 1.83. The third-order valence-electron chi connectivity index (χ3n) is 1.98. The number of hydrogen-bond donors (Lipinski definition) is 1. The van der Waals surface area contributed by atoms with Crippen LogP contribution in [-0.4, -0.2) is 9.97 Å². The van der Waals surface area contributed by atoms with Crippen LogP contribution >= 0.6 is 0 Å². The molecule has 2 heteroatoms. The van der Waals surface area contributed by atoms with Crippen molar-refractivity contribution in [3.8, 4) is 0 Å². The number of rotatable bonds is 3. The van der Waals surface area contributed by atoms with Gasteiger partial charge in [-0.05, 0) is 29.8 Å². The van der Waals surface area contributed by atoms with E-state index in [1.807, 2.05) is 61.0 Å². The molecule has 0 radical (unpaired) electrons. The van der Waals surface area contributed by atoms with Crippen molar-refractivity contribution in [2.24, 2.45) is 0 Å². The summed E-state index contributed by atoms with van der Waals surface area (Å²) in [4.78, 5) is 7.19.